The molecule has 10 nitrogen and oxygen atoms in total. The topological polar surface area (TPSA) is 128 Å². The molecule has 0 aliphatic carbocycles. The van der Waals surface area contributed by atoms with Crippen molar-refractivity contribution in [1.82, 2.24) is 26.0 Å². The Morgan fingerprint density at radius 2 is 1.97 bits per heavy atom. The van der Waals surface area contributed by atoms with Crippen LogP contribution in [0.5, 0.6) is 0 Å². The van der Waals surface area contributed by atoms with E-state index in [4.69, 9.17) is 13.5 Å². The molecule has 3 aromatic rings. The van der Waals surface area contributed by atoms with Crippen molar-refractivity contribution in [2.24, 2.45) is 0 Å². The summed E-state index contributed by atoms with van der Waals surface area (Å²) in [7, 11) is -3.55. The monoisotopic (exact) mass is 483 g/mol. The van der Waals surface area contributed by atoms with Crippen LogP contribution < -0.4 is 10.9 Å². The Kier molecular flexibility index (Phi) is 8.76. The molecule has 31 heavy (non-hydrogen) atoms. The van der Waals surface area contributed by atoms with Crippen LogP contribution in [0.15, 0.2) is 51.7 Å². The molecule has 0 radical (unpaired) electrons. The second kappa shape index (κ2) is 11.5. The Morgan fingerprint density at radius 1 is 1.23 bits per heavy atom. The number of carbonyl (C=O) groups is 1. The Bertz CT molecular complexity index is 992. The van der Waals surface area contributed by atoms with Crippen LogP contribution in [-0.2, 0) is 18.4 Å². The summed E-state index contributed by atoms with van der Waals surface area (Å²) in [6, 6.07) is 7.12. The molecule has 0 saturated carbocycles. The maximum Gasteiger partial charge on any atom is 0.354 e. The van der Waals surface area contributed by atoms with Gasteiger partial charge in [0.25, 0.3) is 5.22 Å². The quantitative estimate of drug-likeness (QED) is 0.222. The van der Waals surface area contributed by atoms with Crippen LogP contribution in [0.3, 0.4) is 0 Å². The lowest BCUT2D eigenvalue weighted by atomic mass is 10.3. The van der Waals surface area contributed by atoms with Crippen LogP contribution in [0.1, 0.15) is 24.5 Å². The highest BCUT2D eigenvalue weighted by molar-refractivity contribution is 7.99. The van der Waals surface area contributed by atoms with Crippen molar-refractivity contribution < 1.29 is 22.8 Å². The van der Waals surface area contributed by atoms with Crippen molar-refractivity contribution in [2.45, 2.75) is 24.9 Å². The molecular weight excluding hydrogens is 461 g/mol. The van der Waals surface area contributed by atoms with E-state index in [1.807, 2.05) is 11.4 Å². The van der Waals surface area contributed by atoms with Crippen molar-refractivity contribution in [3.05, 3.63) is 46.9 Å². The molecule has 3 heterocycles. The number of aromatic nitrogens is 3. The van der Waals surface area contributed by atoms with E-state index in [0.29, 0.717) is 5.89 Å². The number of nitrogens with one attached hydrogen (secondary N) is 2. The smallest absolute Gasteiger partial charge is 0.354 e. The number of amides is 1. The number of thioether (sulfide) groups is 1. The first-order chi connectivity index (χ1) is 15.1. The highest BCUT2D eigenvalue weighted by Gasteiger charge is 2.38. The summed E-state index contributed by atoms with van der Waals surface area (Å²) < 4.78 is 29.7. The molecule has 2 N–H and O–H groups in total. The van der Waals surface area contributed by atoms with Gasteiger partial charge in [0.15, 0.2) is 5.78 Å². The summed E-state index contributed by atoms with van der Waals surface area (Å²) in [5, 5.41) is 10.00. The molecule has 0 saturated heterocycles. The van der Waals surface area contributed by atoms with Crippen molar-refractivity contribution >= 4 is 36.6 Å². The first kappa shape index (κ1) is 23.6. The minimum Gasteiger partial charge on any atom is -0.411 e. The van der Waals surface area contributed by atoms with Gasteiger partial charge in [-0.25, -0.2) is 5.43 Å². The Balaban J connectivity index is 1.59. The Morgan fingerprint density at radius 3 is 2.61 bits per heavy atom. The minimum absolute atomic E-state index is 0.00963. The summed E-state index contributed by atoms with van der Waals surface area (Å²) >= 11 is 2.47. The van der Waals surface area contributed by atoms with Crippen LogP contribution in [-0.4, -0.2) is 40.1 Å². The van der Waals surface area contributed by atoms with E-state index in [-0.39, 0.29) is 30.1 Å². The summed E-state index contributed by atoms with van der Waals surface area (Å²) in [6.07, 6.45) is 3.25. The van der Waals surface area contributed by atoms with Gasteiger partial charge in [-0.15, -0.1) is 21.5 Å². The summed E-state index contributed by atoms with van der Waals surface area (Å²) in [6.45, 7) is 3.89. The van der Waals surface area contributed by atoms with Crippen LogP contribution >= 0.6 is 30.7 Å². The maximum absolute atomic E-state index is 13.2. The van der Waals surface area contributed by atoms with E-state index >= 15 is 0 Å². The van der Waals surface area contributed by atoms with Crippen LogP contribution in [0, 0.1) is 0 Å². The highest BCUT2D eigenvalue weighted by Crippen LogP contribution is 2.60. The van der Waals surface area contributed by atoms with Gasteiger partial charge >= 0.3 is 7.60 Å². The molecule has 1 unspecified atom stereocenters. The molecule has 166 valence electrons. The van der Waals surface area contributed by atoms with Crippen LogP contribution in [0.4, 0.5) is 0 Å². The van der Waals surface area contributed by atoms with Crippen molar-refractivity contribution in [2.75, 3.05) is 19.0 Å². The van der Waals surface area contributed by atoms with Gasteiger partial charge in [-0.3, -0.25) is 19.8 Å². The first-order valence-electron chi connectivity index (χ1n) is 9.39. The van der Waals surface area contributed by atoms with Gasteiger partial charge in [-0.05, 0) is 37.4 Å². The molecule has 0 spiro atoms. The fourth-order valence-electron chi connectivity index (χ4n) is 2.49. The average Bonchev–Trinajstić information content (AvgIpc) is 3.46. The molecule has 1 amide bonds. The van der Waals surface area contributed by atoms with E-state index in [1.165, 1.54) is 11.3 Å². The molecule has 0 bridgehead atoms. The zero-order valence-electron chi connectivity index (χ0n) is 16.9. The maximum atomic E-state index is 13.2. The number of pyridine rings is 1. The third-order valence-corrected chi connectivity index (χ3v) is 7.96. The number of hydrogen-bond acceptors (Lipinski definition) is 11. The summed E-state index contributed by atoms with van der Waals surface area (Å²) in [4.78, 5) is 17.0. The van der Waals surface area contributed by atoms with Crippen molar-refractivity contribution in [3.8, 4) is 11.5 Å². The lowest BCUT2D eigenvalue weighted by Crippen LogP contribution is -2.41. The fourth-order valence-corrected chi connectivity index (χ4v) is 6.00. The number of hydrazine groups is 1. The normalized spacial score (nSPS) is 12.6. The number of hydrogen-bond donors (Lipinski definition) is 2. The molecule has 0 aromatic carbocycles. The van der Waals surface area contributed by atoms with Gasteiger partial charge in [-0.1, -0.05) is 17.8 Å². The molecule has 1 atom stereocenters. The SMILES string of the molecule is CCOP(=O)(OCC)C(NNC(=O)CSc1nnc(-c2ccncc2)o1)c1cccs1. The molecule has 0 aliphatic heterocycles. The van der Waals surface area contributed by atoms with Crippen molar-refractivity contribution in [3.63, 3.8) is 0 Å². The van der Waals surface area contributed by atoms with Crippen molar-refractivity contribution in [1.29, 1.82) is 0 Å². The Labute approximate surface area is 187 Å². The molecule has 0 fully saturated rings. The Hall–Kier alpha value is -2.08. The second-order valence-electron chi connectivity index (χ2n) is 5.88. The predicted molar refractivity (Wildman–Crippen MR) is 117 cm³/mol. The third-order valence-electron chi connectivity index (χ3n) is 3.76. The van der Waals surface area contributed by atoms with Gasteiger partial charge in [0.1, 0.15) is 0 Å². The number of nitrogens with zero attached hydrogens (tertiary/aromatic N) is 3. The number of rotatable bonds is 12. The first-order valence-corrected chi connectivity index (χ1v) is 12.9. The van der Waals surface area contributed by atoms with E-state index in [1.54, 1.807) is 44.4 Å². The average molecular weight is 484 g/mol. The van der Waals surface area contributed by atoms with Gasteiger partial charge in [-0.2, -0.15) is 0 Å². The second-order valence-corrected chi connectivity index (χ2v) is 9.90. The summed E-state index contributed by atoms with van der Waals surface area (Å²) in [5.74, 6) is -0.844. The van der Waals surface area contributed by atoms with E-state index in [9.17, 15) is 9.36 Å². The molecule has 3 rings (SSSR count). The number of thiophene rings is 1. The zero-order chi connectivity index (χ0) is 22.1. The molecular formula is C18H22N5O5PS2. The minimum atomic E-state index is -3.55. The highest BCUT2D eigenvalue weighted by atomic mass is 32.2. The molecule has 0 aliphatic rings. The largest absolute Gasteiger partial charge is 0.411 e. The predicted octanol–water partition coefficient (Wildman–Crippen LogP) is 3.87. The summed E-state index contributed by atoms with van der Waals surface area (Å²) in [5.41, 5.74) is 6.12. The van der Waals surface area contributed by atoms with E-state index in [2.05, 4.69) is 26.0 Å². The lowest BCUT2D eigenvalue weighted by Gasteiger charge is -2.26. The third kappa shape index (κ3) is 6.45. The van der Waals surface area contributed by atoms with E-state index in [0.717, 1.165) is 22.2 Å². The van der Waals surface area contributed by atoms with E-state index < -0.39 is 13.4 Å². The van der Waals surface area contributed by atoms with Crippen LogP contribution in [0.2, 0.25) is 0 Å². The van der Waals surface area contributed by atoms with Gasteiger partial charge in [0.2, 0.25) is 11.8 Å². The van der Waals surface area contributed by atoms with Gasteiger partial charge < -0.3 is 13.5 Å². The molecule has 3 aromatic heterocycles. The standard InChI is InChI=1S/C18H22N5O5PS2/c1-3-26-29(25,27-4-2)17(14-6-5-11-30-14)22-20-15(24)12-31-18-23-21-16(28-18)13-7-9-19-10-8-13/h5-11,17,22H,3-4,12H2,1-2H3,(H,20,24). The van der Waals surface area contributed by atoms with Crippen LogP contribution in [0.25, 0.3) is 11.5 Å². The lowest BCUT2D eigenvalue weighted by molar-refractivity contribution is -0.119. The number of carbonyl (C=O) groups excluding carboxylic acids is 1. The molecule has 13 heteroatoms. The van der Waals surface area contributed by atoms with Gasteiger partial charge in [0.05, 0.1) is 19.0 Å². The van der Waals surface area contributed by atoms with Gasteiger partial charge in [0, 0.05) is 22.8 Å². The zero-order valence-corrected chi connectivity index (χ0v) is 19.4. The fraction of sp³-hybridized carbons (Fsp3) is 0.333.